The molecule has 5 nitrogen and oxygen atoms in total. The van der Waals surface area contributed by atoms with Gasteiger partial charge in [0.05, 0.1) is 17.7 Å². The minimum Gasteiger partial charge on any atom is -0.469 e. The second-order valence-electron chi connectivity index (χ2n) is 4.14. The molecule has 0 saturated heterocycles. The largest absolute Gasteiger partial charge is 0.469 e. The maximum atomic E-state index is 5.29. The molecule has 1 N–H and O–H groups in total. The Kier molecular flexibility index (Phi) is 3.37. The number of anilines is 1. The topological polar surface area (TPSA) is 63.8 Å². The van der Waals surface area contributed by atoms with Gasteiger partial charge in [-0.25, -0.2) is 4.98 Å². The number of hydrogen-bond acceptors (Lipinski definition) is 5. The summed E-state index contributed by atoms with van der Waals surface area (Å²) in [5.41, 5.74) is 1.75. The van der Waals surface area contributed by atoms with Gasteiger partial charge in [-0.05, 0) is 32.9 Å². The number of hydrogen-bond donors (Lipinski definition) is 1. The molecule has 0 radical (unpaired) electrons. The van der Waals surface area contributed by atoms with Gasteiger partial charge in [0.1, 0.15) is 5.76 Å². The van der Waals surface area contributed by atoms with Crippen LogP contribution < -0.4 is 5.32 Å². The van der Waals surface area contributed by atoms with Crippen LogP contribution in [0.2, 0.25) is 0 Å². The fourth-order valence-corrected chi connectivity index (χ4v) is 1.52. The van der Waals surface area contributed by atoms with Crippen LogP contribution in [0.3, 0.4) is 0 Å². The van der Waals surface area contributed by atoms with E-state index in [0.29, 0.717) is 5.95 Å². The Morgan fingerprint density at radius 3 is 2.76 bits per heavy atom. The van der Waals surface area contributed by atoms with Gasteiger partial charge in [0.15, 0.2) is 0 Å². The first-order valence-corrected chi connectivity index (χ1v) is 5.62. The number of nitrogens with zero attached hydrogens (tertiary/aromatic N) is 3. The maximum Gasteiger partial charge on any atom is 0.243 e. The molecule has 0 saturated carbocycles. The van der Waals surface area contributed by atoms with Crippen molar-refractivity contribution in [3.63, 3.8) is 0 Å². The van der Waals surface area contributed by atoms with Crippen molar-refractivity contribution in [3.8, 4) is 0 Å². The second-order valence-corrected chi connectivity index (χ2v) is 4.14. The number of rotatable bonds is 4. The van der Waals surface area contributed by atoms with E-state index in [9.17, 15) is 0 Å². The summed E-state index contributed by atoms with van der Waals surface area (Å²) in [4.78, 5) is 4.33. The fraction of sp³-hybridized carbons (Fsp3) is 0.417. The standard InChI is InChI=1S/C12H16N4O/c1-8(7-11-5-4-6-17-11)13-12-14-9(2)10(3)15-16-12/h4-6,8H,7H2,1-3H3,(H,13,14,16). The monoisotopic (exact) mass is 232 g/mol. The summed E-state index contributed by atoms with van der Waals surface area (Å²) in [6, 6.07) is 4.04. The van der Waals surface area contributed by atoms with Gasteiger partial charge in [-0.1, -0.05) is 0 Å². The number of nitrogens with one attached hydrogen (secondary N) is 1. The lowest BCUT2D eigenvalue weighted by Crippen LogP contribution is -2.20. The van der Waals surface area contributed by atoms with Gasteiger partial charge in [-0.3, -0.25) is 0 Å². The summed E-state index contributed by atoms with van der Waals surface area (Å²) in [6.45, 7) is 5.87. The van der Waals surface area contributed by atoms with E-state index in [1.165, 1.54) is 0 Å². The first-order chi connectivity index (χ1) is 8.15. The van der Waals surface area contributed by atoms with Crippen molar-refractivity contribution in [1.82, 2.24) is 15.2 Å². The summed E-state index contributed by atoms with van der Waals surface area (Å²) in [5, 5.41) is 11.2. The summed E-state index contributed by atoms with van der Waals surface area (Å²) in [7, 11) is 0. The molecule has 0 aliphatic heterocycles. The third kappa shape index (κ3) is 3.03. The molecule has 0 bridgehead atoms. The minimum atomic E-state index is 0.199. The smallest absolute Gasteiger partial charge is 0.243 e. The first kappa shape index (κ1) is 11.6. The van der Waals surface area contributed by atoms with Crippen molar-refractivity contribution < 1.29 is 4.42 Å². The van der Waals surface area contributed by atoms with E-state index in [4.69, 9.17) is 4.42 Å². The quantitative estimate of drug-likeness (QED) is 0.874. The molecule has 2 rings (SSSR count). The van der Waals surface area contributed by atoms with Gasteiger partial charge >= 0.3 is 0 Å². The first-order valence-electron chi connectivity index (χ1n) is 5.62. The van der Waals surface area contributed by atoms with Crippen molar-refractivity contribution in [3.05, 3.63) is 35.5 Å². The third-order valence-corrected chi connectivity index (χ3v) is 2.55. The van der Waals surface area contributed by atoms with E-state index in [1.807, 2.05) is 26.0 Å². The predicted molar refractivity (Wildman–Crippen MR) is 64.8 cm³/mol. The Balaban J connectivity index is 1.98. The summed E-state index contributed by atoms with van der Waals surface area (Å²) in [5.74, 6) is 1.51. The number of aromatic nitrogens is 3. The Bertz CT molecular complexity index is 481. The normalized spacial score (nSPS) is 12.4. The Labute approximate surface area is 100 Å². The fourth-order valence-electron chi connectivity index (χ4n) is 1.52. The molecule has 0 aliphatic carbocycles. The van der Waals surface area contributed by atoms with Gasteiger partial charge in [0.25, 0.3) is 0 Å². The molecule has 0 amide bonds. The van der Waals surface area contributed by atoms with Crippen LogP contribution in [-0.4, -0.2) is 21.2 Å². The molecule has 17 heavy (non-hydrogen) atoms. The number of aryl methyl sites for hydroxylation is 2. The van der Waals surface area contributed by atoms with Gasteiger partial charge in [-0.15, -0.1) is 5.10 Å². The Hall–Kier alpha value is -1.91. The lowest BCUT2D eigenvalue weighted by molar-refractivity contribution is 0.497. The van der Waals surface area contributed by atoms with Gasteiger partial charge in [0, 0.05) is 12.5 Å². The molecule has 2 aromatic heterocycles. The van der Waals surface area contributed by atoms with Gasteiger partial charge in [-0.2, -0.15) is 5.10 Å². The Morgan fingerprint density at radius 1 is 1.29 bits per heavy atom. The van der Waals surface area contributed by atoms with Crippen molar-refractivity contribution in [2.75, 3.05) is 5.32 Å². The maximum absolute atomic E-state index is 5.29. The van der Waals surface area contributed by atoms with E-state index >= 15 is 0 Å². The number of furan rings is 1. The Morgan fingerprint density at radius 2 is 2.12 bits per heavy atom. The zero-order valence-corrected chi connectivity index (χ0v) is 10.3. The molecule has 1 unspecified atom stereocenters. The van der Waals surface area contributed by atoms with Crippen molar-refractivity contribution in [2.45, 2.75) is 33.2 Å². The van der Waals surface area contributed by atoms with Crippen LogP contribution in [0, 0.1) is 13.8 Å². The average molecular weight is 232 g/mol. The van der Waals surface area contributed by atoms with Crippen molar-refractivity contribution in [1.29, 1.82) is 0 Å². The van der Waals surface area contributed by atoms with Crippen LogP contribution >= 0.6 is 0 Å². The van der Waals surface area contributed by atoms with Crippen LogP contribution in [0.5, 0.6) is 0 Å². The molecule has 1 atom stereocenters. The highest BCUT2D eigenvalue weighted by molar-refractivity contribution is 5.26. The molecule has 5 heteroatoms. The molecule has 2 heterocycles. The SMILES string of the molecule is Cc1nnc(NC(C)Cc2ccco2)nc1C. The lowest BCUT2D eigenvalue weighted by Gasteiger charge is -2.12. The molecular formula is C12H16N4O. The molecule has 0 aromatic carbocycles. The third-order valence-electron chi connectivity index (χ3n) is 2.55. The van der Waals surface area contributed by atoms with Crippen molar-refractivity contribution >= 4 is 5.95 Å². The van der Waals surface area contributed by atoms with Crippen molar-refractivity contribution in [2.24, 2.45) is 0 Å². The predicted octanol–water partition coefficient (Wildman–Crippen LogP) is 2.12. The van der Waals surface area contributed by atoms with Gasteiger partial charge < -0.3 is 9.73 Å². The van der Waals surface area contributed by atoms with E-state index < -0.39 is 0 Å². The van der Waals surface area contributed by atoms with Crippen LogP contribution in [0.4, 0.5) is 5.95 Å². The highest BCUT2D eigenvalue weighted by Crippen LogP contribution is 2.08. The van der Waals surface area contributed by atoms with E-state index in [0.717, 1.165) is 23.6 Å². The van der Waals surface area contributed by atoms with Gasteiger partial charge in [0.2, 0.25) is 5.95 Å². The van der Waals surface area contributed by atoms with E-state index in [1.54, 1.807) is 6.26 Å². The van der Waals surface area contributed by atoms with Crippen LogP contribution in [0.1, 0.15) is 24.1 Å². The zero-order chi connectivity index (χ0) is 12.3. The van der Waals surface area contributed by atoms with Crippen LogP contribution in [0.15, 0.2) is 22.8 Å². The minimum absolute atomic E-state index is 0.199. The molecule has 2 aromatic rings. The molecule has 0 aliphatic rings. The summed E-state index contributed by atoms with van der Waals surface area (Å²) >= 11 is 0. The highest BCUT2D eigenvalue weighted by Gasteiger charge is 2.08. The lowest BCUT2D eigenvalue weighted by atomic mass is 10.2. The molecule has 0 fully saturated rings. The highest BCUT2D eigenvalue weighted by atomic mass is 16.3. The summed E-state index contributed by atoms with van der Waals surface area (Å²) in [6.07, 6.45) is 2.47. The van der Waals surface area contributed by atoms with Crippen LogP contribution in [-0.2, 0) is 6.42 Å². The van der Waals surface area contributed by atoms with E-state index in [2.05, 4.69) is 27.4 Å². The van der Waals surface area contributed by atoms with Crippen LogP contribution in [0.25, 0.3) is 0 Å². The zero-order valence-electron chi connectivity index (χ0n) is 10.3. The average Bonchev–Trinajstić information content (AvgIpc) is 2.76. The molecule has 90 valence electrons. The molecular weight excluding hydrogens is 216 g/mol. The van der Waals surface area contributed by atoms with E-state index in [-0.39, 0.29) is 6.04 Å². The second kappa shape index (κ2) is 4.95. The summed E-state index contributed by atoms with van der Waals surface area (Å²) < 4.78 is 5.29. The molecule has 0 spiro atoms.